The first-order valence-electron chi connectivity index (χ1n) is 7.02. The van der Waals surface area contributed by atoms with Crippen LogP contribution < -0.4 is 0 Å². The number of aromatic amines is 1. The highest BCUT2D eigenvalue weighted by Crippen LogP contribution is 2.16. The highest BCUT2D eigenvalue weighted by Gasteiger charge is 2.16. The van der Waals surface area contributed by atoms with Crippen LogP contribution in [-0.2, 0) is 0 Å². The number of carbonyl (C=O) groups excluding carboxylic acids is 1. The van der Waals surface area contributed by atoms with Crippen molar-refractivity contribution in [2.45, 2.75) is 27.2 Å². The van der Waals surface area contributed by atoms with Crippen molar-refractivity contribution in [2.24, 2.45) is 5.92 Å². The second kappa shape index (κ2) is 5.91. The molecule has 3 heteroatoms. The van der Waals surface area contributed by atoms with Gasteiger partial charge in [-0.1, -0.05) is 20.3 Å². The molecule has 1 unspecified atom stereocenters. The van der Waals surface area contributed by atoms with Gasteiger partial charge in [0.1, 0.15) is 0 Å². The third kappa shape index (κ3) is 2.98. The van der Waals surface area contributed by atoms with Gasteiger partial charge in [0, 0.05) is 35.8 Å². The molecule has 1 amide bonds. The minimum Gasteiger partial charge on any atom is -0.361 e. The van der Waals surface area contributed by atoms with Crippen molar-refractivity contribution in [1.82, 2.24) is 9.88 Å². The standard InChI is InChI=1S/C16H22N2O/c1-4-12(3)11-18(5-2)16(19)14-6-7-15-13(10-14)8-9-17-15/h6-10,12,17H,4-5,11H2,1-3H3. The van der Waals surface area contributed by atoms with Crippen molar-refractivity contribution in [3.63, 3.8) is 0 Å². The van der Waals surface area contributed by atoms with Crippen LogP contribution in [0.3, 0.4) is 0 Å². The molecule has 0 saturated heterocycles. The highest BCUT2D eigenvalue weighted by molar-refractivity contribution is 5.98. The molecule has 0 bridgehead atoms. The number of carbonyl (C=O) groups is 1. The average Bonchev–Trinajstić information content (AvgIpc) is 2.90. The van der Waals surface area contributed by atoms with E-state index in [0.29, 0.717) is 5.92 Å². The number of benzene rings is 1. The minimum atomic E-state index is 0.130. The van der Waals surface area contributed by atoms with E-state index in [1.54, 1.807) is 0 Å². The van der Waals surface area contributed by atoms with Crippen molar-refractivity contribution in [1.29, 1.82) is 0 Å². The topological polar surface area (TPSA) is 36.1 Å². The van der Waals surface area contributed by atoms with Gasteiger partial charge in [0.25, 0.3) is 5.91 Å². The van der Waals surface area contributed by atoms with Crippen molar-refractivity contribution in [3.05, 3.63) is 36.0 Å². The largest absolute Gasteiger partial charge is 0.361 e. The predicted octanol–water partition coefficient (Wildman–Crippen LogP) is 3.68. The number of nitrogens with zero attached hydrogens (tertiary/aromatic N) is 1. The highest BCUT2D eigenvalue weighted by atomic mass is 16.2. The number of nitrogens with one attached hydrogen (secondary N) is 1. The summed E-state index contributed by atoms with van der Waals surface area (Å²) in [7, 11) is 0. The van der Waals surface area contributed by atoms with Gasteiger partial charge in [-0.25, -0.2) is 0 Å². The van der Waals surface area contributed by atoms with Crippen LogP contribution in [0, 0.1) is 5.92 Å². The maximum absolute atomic E-state index is 12.5. The van der Waals surface area contributed by atoms with E-state index in [2.05, 4.69) is 18.8 Å². The Kier molecular flexibility index (Phi) is 4.25. The summed E-state index contributed by atoms with van der Waals surface area (Å²) in [4.78, 5) is 17.6. The normalized spacial score (nSPS) is 12.6. The molecule has 102 valence electrons. The Balaban J connectivity index is 2.20. The van der Waals surface area contributed by atoms with Crippen LogP contribution in [0.5, 0.6) is 0 Å². The van der Waals surface area contributed by atoms with Crippen LogP contribution >= 0.6 is 0 Å². The first-order valence-corrected chi connectivity index (χ1v) is 7.02. The molecule has 0 aliphatic carbocycles. The van der Waals surface area contributed by atoms with Gasteiger partial charge in [-0.2, -0.15) is 0 Å². The molecule has 0 saturated carbocycles. The van der Waals surface area contributed by atoms with Crippen LogP contribution in [0.2, 0.25) is 0 Å². The van der Waals surface area contributed by atoms with Crippen molar-refractivity contribution >= 4 is 16.8 Å². The Labute approximate surface area is 114 Å². The molecule has 1 aromatic carbocycles. The fourth-order valence-corrected chi connectivity index (χ4v) is 2.23. The van der Waals surface area contributed by atoms with E-state index in [1.165, 1.54) is 0 Å². The first-order chi connectivity index (χ1) is 9.15. The summed E-state index contributed by atoms with van der Waals surface area (Å²) in [6.45, 7) is 7.97. The zero-order valence-electron chi connectivity index (χ0n) is 11.9. The van der Waals surface area contributed by atoms with Gasteiger partial charge in [0.15, 0.2) is 0 Å². The average molecular weight is 258 g/mol. The van der Waals surface area contributed by atoms with Gasteiger partial charge < -0.3 is 9.88 Å². The molecular weight excluding hydrogens is 236 g/mol. The third-order valence-corrected chi connectivity index (χ3v) is 3.70. The van der Waals surface area contributed by atoms with Crippen LogP contribution in [0.1, 0.15) is 37.6 Å². The Morgan fingerprint density at radius 1 is 1.32 bits per heavy atom. The number of rotatable bonds is 5. The second-order valence-corrected chi connectivity index (χ2v) is 5.14. The van der Waals surface area contributed by atoms with Gasteiger partial charge in [-0.15, -0.1) is 0 Å². The second-order valence-electron chi connectivity index (χ2n) is 5.14. The van der Waals surface area contributed by atoms with Gasteiger partial charge in [0.2, 0.25) is 0 Å². The first kappa shape index (κ1) is 13.7. The molecule has 1 aromatic heterocycles. The maximum Gasteiger partial charge on any atom is 0.253 e. The molecule has 19 heavy (non-hydrogen) atoms. The van der Waals surface area contributed by atoms with E-state index in [9.17, 15) is 4.79 Å². The smallest absolute Gasteiger partial charge is 0.253 e. The zero-order chi connectivity index (χ0) is 13.8. The molecule has 0 radical (unpaired) electrons. The van der Waals surface area contributed by atoms with Gasteiger partial charge in [-0.05, 0) is 37.1 Å². The minimum absolute atomic E-state index is 0.130. The van der Waals surface area contributed by atoms with Crippen LogP contribution in [0.15, 0.2) is 30.5 Å². The Hall–Kier alpha value is -1.77. The summed E-state index contributed by atoms with van der Waals surface area (Å²) in [5.74, 6) is 0.672. The molecule has 2 rings (SSSR count). The van der Waals surface area contributed by atoms with E-state index < -0.39 is 0 Å². The molecule has 1 N–H and O–H groups in total. The molecule has 2 aromatic rings. The van der Waals surface area contributed by atoms with E-state index in [0.717, 1.165) is 36.0 Å². The van der Waals surface area contributed by atoms with Crippen molar-refractivity contribution in [3.8, 4) is 0 Å². The van der Waals surface area contributed by atoms with Gasteiger partial charge in [0.05, 0.1) is 0 Å². The monoisotopic (exact) mass is 258 g/mol. The Morgan fingerprint density at radius 3 is 2.79 bits per heavy atom. The SMILES string of the molecule is CCC(C)CN(CC)C(=O)c1ccc2[nH]ccc2c1. The molecule has 1 atom stereocenters. The summed E-state index contributed by atoms with van der Waals surface area (Å²) in [5.41, 5.74) is 1.85. The van der Waals surface area contributed by atoms with Gasteiger partial charge >= 0.3 is 0 Å². The molecule has 0 aliphatic rings. The van der Waals surface area contributed by atoms with Crippen LogP contribution in [0.4, 0.5) is 0 Å². The van der Waals surface area contributed by atoms with E-state index in [1.807, 2.05) is 42.3 Å². The summed E-state index contributed by atoms with van der Waals surface area (Å²) >= 11 is 0. The number of hydrogen-bond acceptors (Lipinski definition) is 1. The van der Waals surface area contributed by atoms with E-state index >= 15 is 0 Å². The lowest BCUT2D eigenvalue weighted by Gasteiger charge is -2.24. The Morgan fingerprint density at radius 2 is 2.11 bits per heavy atom. The molecule has 1 heterocycles. The fraction of sp³-hybridized carbons (Fsp3) is 0.438. The molecule has 3 nitrogen and oxygen atoms in total. The summed E-state index contributed by atoms with van der Waals surface area (Å²) in [5, 5.41) is 1.09. The lowest BCUT2D eigenvalue weighted by Crippen LogP contribution is -2.34. The summed E-state index contributed by atoms with van der Waals surface area (Å²) in [6, 6.07) is 7.84. The van der Waals surface area contributed by atoms with Crippen LogP contribution in [-0.4, -0.2) is 28.9 Å². The fourth-order valence-electron chi connectivity index (χ4n) is 2.23. The van der Waals surface area contributed by atoms with Crippen molar-refractivity contribution < 1.29 is 4.79 Å². The number of hydrogen-bond donors (Lipinski definition) is 1. The van der Waals surface area contributed by atoms with Gasteiger partial charge in [-0.3, -0.25) is 4.79 Å². The third-order valence-electron chi connectivity index (χ3n) is 3.70. The van der Waals surface area contributed by atoms with Crippen molar-refractivity contribution in [2.75, 3.05) is 13.1 Å². The molecule has 0 aliphatic heterocycles. The summed E-state index contributed by atoms with van der Waals surface area (Å²) < 4.78 is 0. The lowest BCUT2D eigenvalue weighted by molar-refractivity contribution is 0.0741. The summed E-state index contributed by atoms with van der Waals surface area (Å²) in [6.07, 6.45) is 3.00. The molecule has 0 spiro atoms. The number of fused-ring (bicyclic) bond motifs is 1. The number of amides is 1. The predicted molar refractivity (Wildman–Crippen MR) is 79.3 cm³/mol. The van der Waals surface area contributed by atoms with E-state index in [4.69, 9.17) is 0 Å². The van der Waals surface area contributed by atoms with Crippen LogP contribution in [0.25, 0.3) is 10.9 Å². The van der Waals surface area contributed by atoms with E-state index in [-0.39, 0.29) is 5.91 Å². The lowest BCUT2D eigenvalue weighted by atomic mass is 10.1. The number of H-pyrrole nitrogens is 1. The maximum atomic E-state index is 12.5. The quantitative estimate of drug-likeness (QED) is 0.872. The zero-order valence-corrected chi connectivity index (χ0v) is 11.9. The number of aromatic nitrogens is 1. The molecular formula is C16H22N2O. The Bertz CT molecular complexity index is 559. The molecule has 0 fully saturated rings.